The van der Waals surface area contributed by atoms with E-state index in [1.165, 1.54) is 5.56 Å². The minimum atomic E-state index is -0.114. The fraction of sp³-hybridized carbons (Fsp3) is 0.571. The van der Waals surface area contributed by atoms with Gasteiger partial charge in [0.2, 0.25) is 5.91 Å². The largest absolute Gasteiger partial charge is 0.352 e. The molecule has 2 aliphatic heterocycles. The van der Waals surface area contributed by atoms with Crippen LogP contribution in [0.5, 0.6) is 0 Å². The van der Waals surface area contributed by atoms with Gasteiger partial charge in [0.15, 0.2) is 11.0 Å². The van der Waals surface area contributed by atoms with E-state index in [0.717, 1.165) is 60.5 Å². The van der Waals surface area contributed by atoms with E-state index < -0.39 is 0 Å². The van der Waals surface area contributed by atoms with Gasteiger partial charge in [0, 0.05) is 49.6 Å². The number of carbonyl (C=O) groups excluding carboxylic acids is 1. The summed E-state index contributed by atoms with van der Waals surface area (Å²) in [7, 11) is 0. The van der Waals surface area contributed by atoms with E-state index >= 15 is 0 Å². The van der Waals surface area contributed by atoms with Gasteiger partial charge in [-0.15, -0.1) is 5.10 Å². The summed E-state index contributed by atoms with van der Waals surface area (Å²) in [4.78, 5) is 34.3. The lowest BCUT2D eigenvalue weighted by Crippen LogP contribution is -2.49. The molecule has 1 saturated heterocycles. The lowest BCUT2D eigenvalue weighted by atomic mass is 10.1. The standard InChI is InChI=1S/C21H26N6O2S/c1-13-14(2)22-21-27(20(13)29)16(12-30-21)11-19(28)26-8-6-25(7-9-26)18-10-15-4-3-5-17(15)23-24-18/h10,16H,3-9,11-12H2,1-2H3. The Morgan fingerprint density at radius 3 is 2.77 bits per heavy atom. The van der Waals surface area contributed by atoms with Crippen LogP contribution in [0.3, 0.4) is 0 Å². The molecule has 1 aliphatic carbocycles. The highest BCUT2D eigenvalue weighted by molar-refractivity contribution is 7.99. The summed E-state index contributed by atoms with van der Waals surface area (Å²) in [5, 5.41) is 9.53. The van der Waals surface area contributed by atoms with Crippen LogP contribution < -0.4 is 10.5 Å². The Kier molecular flexibility index (Phi) is 5.00. The average molecular weight is 427 g/mol. The van der Waals surface area contributed by atoms with Crippen LogP contribution in [0.15, 0.2) is 16.0 Å². The maximum absolute atomic E-state index is 13.0. The zero-order valence-electron chi connectivity index (χ0n) is 17.4. The van der Waals surface area contributed by atoms with Crippen LogP contribution >= 0.6 is 11.8 Å². The molecule has 1 amide bonds. The summed E-state index contributed by atoms with van der Waals surface area (Å²) in [5.41, 5.74) is 3.89. The molecule has 158 valence electrons. The van der Waals surface area contributed by atoms with E-state index in [2.05, 4.69) is 26.1 Å². The number of aromatic nitrogens is 4. The minimum absolute atomic E-state index is 0.0136. The second-order valence-corrected chi connectivity index (χ2v) is 9.33. The highest BCUT2D eigenvalue weighted by Gasteiger charge is 2.31. The maximum atomic E-state index is 13.0. The van der Waals surface area contributed by atoms with Crippen LogP contribution in [0.2, 0.25) is 0 Å². The van der Waals surface area contributed by atoms with Gasteiger partial charge in [-0.05, 0) is 44.7 Å². The van der Waals surface area contributed by atoms with Crippen LogP contribution in [0.1, 0.15) is 41.4 Å². The van der Waals surface area contributed by atoms with Gasteiger partial charge >= 0.3 is 0 Å². The normalized spacial score (nSPS) is 20.4. The summed E-state index contributed by atoms with van der Waals surface area (Å²) in [5.74, 6) is 1.76. The maximum Gasteiger partial charge on any atom is 0.257 e. The molecule has 0 radical (unpaired) electrons. The molecular weight excluding hydrogens is 400 g/mol. The third kappa shape index (κ3) is 3.38. The first-order valence-corrected chi connectivity index (χ1v) is 11.6. The van der Waals surface area contributed by atoms with Crippen LogP contribution in [0.25, 0.3) is 0 Å². The van der Waals surface area contributed by atoms with Crippen molar-refractivity contribution < 1.29 is 4.79 Å². The van der Waals surface area contributed by atoms with Crippen molar-refractivity contribution in [3.63, 3.8) is 0 Å². The van der Waals surface area contributed by atoms with E-state index in [4.69, 9.17) is 0 Å². The van der Waals surface area contributed by atoms with Crippen molar-refractivity contribution in [1.29, 1.82) is 0 Å². The molecule has 30 heavy (non-hydrogen) atoms. The number of hydrogen-bond acceptors (Lipinski definition) is 7. The molecule has 0 bridgehead atoms. The quantitative estimate of drug-likeness (QED) is 0.688. The summed E-state index contributed by atoms with van der Waals surface area (Å²) in [6.45, 7) is 6.53. The Bertz CT molecular complexity index is 1060. The van der Waals surface area contributed by atoms with Crippen LogP contribution in [0.4, 0.5) is 5.82 Å². The van der Waals surface area contributed by atoms with Gasteiger partial charge in [-0.1, -0.05) is 11.8 Å². The molecule has 8 nitrogen and oxygen atoms in total. The first-order chi connectivity index (χ1) is 14.5. The second-order valence-electron chi connectivity index (χ2n) is 8.34. The van der Waals surface area contributed by atoms with E-state index in [-0.39, 0.29) is 17.5 Å². The molecule has 1 unspecified atom stereocenters. The molecule has 4 heterocycles. The number of thioether (sulfide) groups is 1. The highest BCUT2D eigenvalue weighted by atomic mass is 32.2. The van der Waals surface area contributed by atoms with Crippen molar-refractivity contribution in [2.24, 2.45) is 0 Å². The molecule has 0 saturated carbocycles. The molecule has 3 aliphatic rings. The topological polar surface area (TPSA) is 84.2 Å². The molecule has 2 aromatic rings. The third-order valence-electron chi connectivity index (χ3n) is 6.50. The zero-order chi connectivity index (χ0) is 20.8. The number of nitrogens with zero attached hydrogens (tertiary/aromatic N) is 6. The Morgan fingerprint density at radius 2 is 1.97 bits per heavy atom. The first-order valence-electron chi connectivity index (χ1n) is 10.6. The molecule has 1 fully saturated rings. The van der Waals surface area contributed by atoms with E-state index in [1.807, 2.05) is 11.8 Å². The van der Waals surface area contributed by atoms with Gasteiger partial charge in [0.25, 0.3) is 5.56 Å². The predicted molar refractivity (Wildman–Crippen MR) is 115 cm³/mol. The van der Waals surface area contributed by atoms with Crippen molar-refractivity contribution in [1.82, 2.24) is 24.6 Å². The molecular formula is C21H26N6O2S. The zero-order valence-corrected chi connectivity index (χ0v) is 18.2. The highest BCUT2D eigenvalue weighted by Crippen LogP contribution is 2.33. The van der Waals surface area contributed by atoms with Crippen LogP contribution in [-0.4, -0.2) is 62.5 Å². The number of aryl methyl sites for hydroxylation is 3. The average Bonchev–Trinajstić information content (AvgIpc) is 3.38. The number of hydrogen-bond donors (Lipinski definition) is 0. The smallest absolute Gasteiger partial charge is 0.257 e. The van der Waals surface area contributed by atoms with Crippen molar-refractivity contribution in [2.75, 3.05) is 36.8 Å². The number of anilines is 1. The van der Waals surface area contributed by atoms with Crippen LogP contribution in [-0.2, 0) is 17.6 Å². The monoisotopic (exact) mass is 426 g/mol. The van der Waals surface area contributed by atoms with E-state index in [1.54, 1.807) is 23.3 Å². The third-order valence-corrected chi connectivity index (χ3v) is 7.59. The second kappa shape index (κ2) is 7.68. The van der Waals surface area contributed by atoms with Crippen LogP contribution in [0, 0.1) is 13.8 Å². The number of rotatable bonds is 3. The minimum Gasteiger partial charge on any atom is -0.352 e. The Hall–Kier alpha value is -2.42. The number of amides is 1. The fourth-order valence-corrected chi connectivity index (χ4v) is 5.69. The lowest BCUT2D eigenvalue weighted by molar-refractivity contribution is -0.132. The summed E-state index contributed by atoms with van der Waals surface area (Å²) < 4.78 is 1.72. The predicted octanol–water partition coefficient (Wildman–Crippen LogP) is 1.52. The summed E-state index contributed by atoms with van der Waals surface area (Å²) in [6, 6.07) is 2.06. The fourth-order valence-electron chi connectivity index (χ4n) is 4.51. The number of carbonyl (C=O) groups is 1. The Labute approximate surface area is 179 Å². The molecule has 1 atom stereocenters. The van der Waals surface area contributed by atoms with Gasteiger partial charge in [0.1, 0.15) is 0 Å². The van der Waals surface area contributed by atoms with E-state index in [0.29, 0.717) is 25.1 Å². The van der Waals surface area contributed by atoms with Crippen molar-refractivity contribution in [2.45, 2.75) is 50.7 Å². The Morgan fingerprint density at radius 1 is 1.17 bits per heavy atom. The first kappa shape index (κ1) is 19.5. The van der Waals surface area contributed by atoms with Gasteiger partial charge in [-0.3, -0.25) is 14.2 Å². The van der Waals surface area contributed by atoms with E-state index in [9.17, 15) is 9.59 Å². The summed E-state index contributed by atoms with van der Waals surface area (Å²) >= 11 is 1.57. The molecule has 5 rings (SSSR count). The van der Waals surface area contributed by atoms with Crippen molar-refractivity contribution >= 4 is 23.5 Å². The lowest BCUT2D eigenvalue weighted by Gasteiger charge is -2.35. The molecule has 9 heteroatoms. The summed E-state index contributed by atoms with van der Waals surface area (Å²) in [6.07, 6.45) is 3.63. The van der Waals surface area contributed by atoms with Gasteiger partial charge in [-0.2, -0.15) is 5.10 Å². The Balaban J connectivity index is 1.23. The molecule has 0 N–H and O–H groups in total. The van der Waals surface area contributed by atoms with Gasteiger partial charge in [0.05, 0.1) is 11.7 Å². The molecule has 0 aromatic carbocycles. The van der Waals surface area contributed by atoms with Crippen molar-refractivity contribution in [3.05, 3.63) is 38.9 Å². The number of piperazine rings is 1. The number of fused-ring (bicyclic) bond motifs is 2. The van der Waals surface area contributed by atoms with Crippen molar-refractivity contribution in [3.8, 4) is 0 Å². The SMILES string of the molecule is Cc1nc2n(c(=O)c1C)C(CC(=O)N1CCN(c3cc4c(nn3)CCC4)CC1)CS2. The van der Waals surface area contributed by atoms with Gasteiger partial charge in [-0.25, -0.2) is 4.98 Å². The molecule has 0 spiro atoms. The van der Waals surface area contributed by atoms with Gasteiger partial charge < -0.3 is 9.80 Å². The molecule has 2 aromatic heterocycles.